The molecule has 3 aromatic rings. The van der Waals surface area contributed by atoms with Crippen LogP contribution in [0.4, 0.5) is 0 Å². The van der Waals surface area contributed by atoms with Crippen LogP contribution in [0.15, 0.2) is 113 Å². The molecule has 0 amide bonds. The van der Waals surface area contributed by atoms with Gasteiger partial charge in [0.05, 0.1) is 0 Å². The third-order valence-corrected chi connectivity index (χ3v) is 9.46. The Labute approximate surface area is 202 Å². The Bertz CT molecular complexity index is 1120. The Morgan fingerprint density at radius 3 is 1.26 bits per heavy atom. The molecular formula is C27H22O6Ti. The van der Waals surface area contributed by atoms with Crippen LogP contribution in [0.25, 0.3) is 0 Å². The topological polar surface area (TPSA) is 78.9 Å². The summed E-state index contributed by atoms with van der Waals surface area (Å²) in [7, 11) is 0. The number of allylic oxidation sites excluding steroid dienone is 4. The molecular weight excluding hydrogens is 468 g/mol. The van der Waals surface area contributed by atoms with Crippen molar-refractivity contribution in [1.29, 1.82) is 0 Å². The van der Waals surface area contributed by atoms with Crippen molar-refractivity contribution in [3.63, 3.8) is 0 Å². The summed E-state index contributed by atoms with van der Waals surface area (Å²) >= 11 is -5.09. The van der Waals surface area contributed by atoms with Crippen molar-refractivity contribution in [1.82, 2.24) is 0 Å². The van der Waals surface area contributed by atoms with E-state index in [2.05, 4.69) is 0 Å². The summed E-state index contributed by atoms with van der Waals surface area (Å²) in [5.41, 5.74) is 1.51. The van der Waals surface area contributed by atoms with Gasteiger partial charge in [-0.25, -0.2) is 0 Å². The zero-order valence-electron chi connectivity index (χ0n) is 18.5. The van der Waals surface area contributed by atoms with E-state index in [1.54, 1.807) is 91.0 Å². The van der Waals surface area contributed by atoms with E-state index in [-0.39, 0.29) is 16.7 Å². The molecule has 7 heteroatoms. The SMILES string of the molecule is CC1=[C]([Ti]([O]C(=O)c2ccccc2)([O]C(=O)c2ccccc2)[O]C(=O)c2ccccc2)CC=C1. The molecule has 34 heavy (non-hydrogen) atoms. The number of hydrogen-bond acceptors (Lipinski definition) is 6. The monoisotopic (exact) mass is 490 g/mol. The van der Waals surface area contributed by atoms with E-state index < -0.39 is 35.7 Å². The Morgan fingerprint density at radius 2 is 0.971 bits per heavy atom. The van der Waals surface area contributed by atoms with E-state index in [9.17, 15) is 14.4 Å². The molecule has 4 rings (SSSR count). The summed E-state index contributed by atoms with van der Waals surface area (Å²) in [4.78, 5) is 39.5. The van der Waals surface area contributed by atoms with Gasteiger partial charge in [0.25, 0.3) is 0 Å². The van der Waals surface area contributed by atoms with E-state index in [1.165, 1.54) is 0 Å². The first-order chi connectivity index (χ1) is 16.5. The van der Waals surface area contributed by atoms with Crippen LogP contribution in [0.3, 0.4) is 0 Å². The average molecular weight is 490 g/mol. The van der Waals surface area contributed by atoms with Crippen molar-refractivity contribution >= 4 is 17.9 Å². The normalized spacial score (nSPS) is 12.9. The summed E-state index contributed by atoms with van der Waals surface area (Å²) in [5.74, 6) is -2.18. The van der Waals surface area contributed by atoms with E-state index in [0.29, 0.717) is 10.3 Å². The van der Waals surface area contributed by atoms with E-state index in [1.807, 2.05) is 19.1 Å². The van der Waals surface area contributed by atoms with E-state index >= 15 is 0 Å². The van der Waals surface area contributed by atoms with Gasteiger partial charge < -0.3 is 0 Å². The molecule has 0 saturated heterocycles. The fourth-order valence-electron chi connectivity index (χ4n) is 3.49. The van der Waals surface area contributed by atoms with Crippen LogP contribution >= 0.6 is 0 Å². The van der Waals surface area contributed by atoms with Crippen molar-refractivity contribution in [2.75, 3.05) is 0 Å². The first-order valence-corrected chi connectivity index (χ1v) is 13.4. The predicted molar refractivity (Wildman–Crippen MR) is 122 cm³/mol. The molecule has 6 nitrogen and oxygen atoms in total. The number of benzene rings is 3. The average Bonchev–Trinajstić information content (AvgIpc) is 3.32. The maximum atomic E-state index is 13.2. The molecule has 0 atom stereocenters. The van der Waals surface area contributed by atoms with Crippen molar-refractivity contribution in [3.05, 3.63) is 129 Å². The first kappa shape index (κ1) is 23.4. The molecule has 0 unspecified atom stereocenters. The van der Waals surface area contributed by atoms with Gasteiger partial charge in [-0.2, -0.15) is 0 Å². The van der Waals surface area contributed by atoms with Crippen molar-refractivity contribution < 1.29 is 42.1 Å². The molecule has 0 radical (unpaired) electrons. The summed E-state index contributed by atoms with van der Waals surface area (Å²) in [6.07, 6.45) is 4.03. The van der Waals surface area contributed by atoms with Crippen LogP contribution in [-0.2, 0) is 27.7 Å². The molecule has 0 heterocycles. The second-order valence-corrected chi connectivity index (χ2v) is 11.2. The predicted octanol–water partition coefficient (Wildman–Crippen LogP) is 5.69. The first-order valence-electron chi connectivity index (χ1n) is 10.7. The van der Waals surface area contributed by atoms with Gasteiger partial charge in [0.2, 0.25) is 0 Å². The Balaban J connectivity index is 1.78. The molecule has 0 bridgehead atoms. The van der Waals surface area contributed by atoms with Gasteiger partial charge in [-0.3, -0.25) is 0 Å². The van der Waals surface area contributed by atoms with Crippen molar-refractivity contribution in [2.45, 2.75) is 13.3 Å². The number of hydrogen-bond donors (Lipinski definition) is 0. The van der Waals surface area contributed by atoms with E-state index in [0.717, 1.165) is 5.57 Å². The Morgan fingerprint density at radius 1 is 0.618 bits per heavy atom. The Hall–Kier alpha value is -3.74. The van der Waals surface area contributed by atoms with Gasteiger partial charge in [-0.1, -0.05) is 0 Å². The van der Waals surface area contributed by atoms with Crippen LogP contribution in [0.1, 0.15) is 44.4 Å². The summed E-state index contributed by atoms with van der Waals surface area (Å²) in [6, 6.07) is 25.0. The molecule has 0 saturated carbocycles. The van der Waals surface area contributed by atoms with Crippen LogP contribution in [0.2, 0.25) is 0 Å². The molecule has 0 aliphatic heterocycles. The number of carbonyl (C=O) groups excluding carboxylic acids is 3. The minimum absolute atomic E-state index is 0.258. The zero-order valence-corrected chi connectivity index (χ0v) is 20.0. The molecule has 1 aliphatic carbocycles. The number of rotatable bonds is 7. The van der Waals surface area contributed by atoms with Gasteiger partial charge in [0.1, 0.15) is 0 Å². The third-order valence-electron chi connectivity index (χ3n) is 5.25. The zero-order chi connectivity index (χ0) is 24.0. The van der Waals surface area contributed by atoms with Gasteiger partial charge in [-0.05, 0) is 0 Å². The Kier molecular flexibility index (Phi) is 7.21. The summed E-state index contributed by atoms with van der Waals surface area (Å²) < 4.78 is 18.3. The van der Waals surface area contributed by atoms with Gasteiger partial charge in [-0.15, -0.1) is 0 Å². The molecule has 0 aromatic heterocycles. The van der Waals surface area contributed by atoms with Gasteiger partial charge in [0, 0.05) is 0 Å². The fourth-order valence-corrected chi connectivity index (χ4v) is 7.42. The fraction of sp³-hybridized carbons (Fsp3) is 0.0741. The van der Waals surface area contributed by atoms with Gasteiger partial charge >= 0.3 is 203 Å². The standard InChI is InChI=1S/3C7H6O2.C6H7.Ti/c3*8-7(9)6-4-2-1-3-5-6;1-6-4-2-3-5-6;/h3*1-5H,(H,8,9);2,4H,3H2,1H3;/q;;;;+3/p-3. The second-order valence-electron chi connectivity index (χ2n) is 7.59. The molecule has 0 N–H and O–H groups in total. The third kappa shape index (κ3) is 5.25. The molecule has 0 spiro atoms. The summed E-state index contributed by atoms with van der Waals surface area (Å²) in [6.45, 7) is 1.81. The quantitative estimate of drug-likeness (QED) is 0.396. The summed E-state index contributed by atoms with van der Waals surface area (Å²) in [5, 5.41) is 0. The second kappa shape index (κ2) is 10.5. The van der Waals surface area contributed by atoms with Crippen LogP contribution in [0.5, 0.6) is 0 Å². The van der Waals surface area contributed by atoms with E-state index in [4.69, 9.17) is 9.96 Å². The van der Waals surface area contributed by atoms with Crippen molar-refractivity contribution in [2.24, 2.45) is 0 Å². The maximum absolute atomic E-state index is 13.2. The van der Waals surface area contributed by atoms with Crippen LogP contribution < -0.4 is 0 Å². The molecule has 170 valence electrons. The molecule has 0 fully saturated rings. The van der Waals surface area contributed by atoms with Crippen LogP contribution in [-0.4, -0.2) is 17.9 Å². The molecule has 3 aromatic carbocycles. The van der Waals surface area contributed by atoms with Crippen molar-refractivity contribution in [3.8, 4) is 0 Å². The number of carbonyl (C=O) groups is 3. The van der Waals surface area contributed by atoms with Gasteiger partial charge in [0.15, 0.2) is 0 Å². The molecule has 1 aliphatic rings. The van der Waals surface area contributed by atoms with Crippen LogP contribution in [0, 0.1) is 0 Å². The minimum atomic E-state index is -5.09.